The Kier molecular flexibility index (Phi) is 5.31. The molecule has 0 radical (unpaired) electrons. The third kappa shape index (κ3) is 3.81. The van der Waals surface area contributed by atoms with Gasteiger partial charge in [-0.2, -0.15) is 13.2 Å². The molecule has 3 atom stereocenters. The number of halogens is 3. The summed E-state index contributed by atoms with van der Waals surface area (Å²) in [6, 6.07) is 1.64. The topological polar surface area (TPSA) is 95.7 Å². The minimum atomic E-state index is -4.42. The number of benzene rings is 1. The number of hydrogen-bond donors (Lipinski definition) is 2. The van der Waals surface area contributed by atoms with Crippen LogP contribution in [-0.2, 0) is 22.7 Å². The molecule has 0 aromatic heterocycles. The zero-order valence-electron chi connectivity index (χ0n) is 16.2. The predicted octanol–water partition coefficient (Wildman–Crippen LogP) is 1.30. The number of nitrogens with two attached hydrogens (primary N) is 1. The van der Waals surface area contributed by atoms with Crippen LogP contribution in [0.15, 0.2) is 18.2 Å². The average molecular weight is 424 g/mol. The Labute approximate surface area is 171 Å². The van der Waals surface area contributed by atoms with Gasteiger partial charge in [0.25, 0.3) is 5.91 Å². The number of amides is 3. The van der Waals surface area contributed by atoms with E-state index in [1.807, 2.05) is 0 Å². The van der Waals surface area contributed by atoms with Crippen LogP contribution in [0.1, 0.15) is 47.2 Å². The van der Waals surface area contributed by atoms with E-state index in [1.54, 1.807) is 18.2 Å². The highest BCUT2D eigenvalue weighted by Crippen LogP contribution is 2.33. The number of piperidine rings is 2. The van der Waals surface area contributed by atoms with Gasteiger partial charge in [0.15, 0.2) is 0 Å². The molecule has 0 spiro atoms. The zero-order chi connectivity index (χ0) is 21.6. The summed E-state index contributed by atoms with van der Waals surface area (Å²) < 4.78 is 40.5. The van der Waals surface area contributed by atoms with Crippen LogP contribution < -0.4 is 11.1 Å². The first-order chi connectivity index (χ1) is 14.1. The van der Waals surface area contributed by atoms with Crippen molar-refractivity contribution in [2.24, 2.45) is 5.73 Å². The van der Waals surface area contributed by atoms with Crippen LogP contribution >= 0.6 is 0 Å². The number of nitrogens with one attached hydrogen (secondary N) is 1. The van der Waals surface area contributed by atoms with E-state index in [0.717, 1.165) is 5.56 Å². The van der Waals surface area contributed by atoms with Crippen molar-refractivity contribution in [1.29, 1.82) is 0 Å². The molecule has 2 saturated heterocycles. The van der Waals surface area contributed by atoms with E-state index >= 15 is 0 Å². The standard InChI is InChI=1S/C20H23F3N4O3/c21-20(22,23)17-14(24)2-1-7-26(17)9-11-3-4-12-10-27(19(30)13(12)8-11)15-5-6-16(28)25-18(15)29/h3-4,8,14-15,17H,1-2,5-7,9-10,24H2,(H,25,28,29). The van der Waals surface area contributed by atoms with Crippen molar-refractivity contribution in [1.82, 2.24) is 15.1 Å². The van der Waals surface area contributed by atoms with E-state index in [4.69, 9.17) is 5.73 Å². The van der Waals surface area contributed by atoms with E-state index in [-0.39, 0.29) is 44.3 Å². The molecule has 1 aromatic carbocycles. The maximum absolute atomic E-state index is 13.5. The van der Waals surface area contributed by atoms with Gasteiger partial charge in [0.2, 0.25) is 11.8 Å². The van der Waals surface area contributed by atoms with Crippen LogP contribution in [0, 0.1) is 0 Å². The summed E-state index contributed by atoms with van der Waals surface area (Å²) in [5.74, 6) is -1.20. The molecule has 3 N–H and O–H groups in total. The third-order valence-electron chi connectivity index (χ3n) is 6.10. The average Bonchev–Trinajstić information content (AvgIpc) is 2.97. The number of fused-ring (bicyclic) bond motifs is 1. The summed E-state index contributed by atoms with van der Waals surface area (Å²) in [7, 11) is 0. The molecule has 3 unspecified atom stereocenters. The summed E-state index contributed by atoms with van der Waals surface area (Å²) >= 11 is 0. The van der Waals surface area contributed by atoms with Gasteiger partial charge >= 0.3 is 6.18 Å². The van der Waals surface area contributed by atoms with Gasteiger partial charge in [0.05, 0.1) is 0 Å². The summed E-state index contributed by atoms with van der Waals surface area (Å²) in [6.45, 7) is 0.558. The molecular formula is C20H23F3N4O3. The van der Waals surface area contributed by atoms with Crippen LogP contribution in [0.2, 0.25) is 0 Å². The normalized spacial score (nSPS) is 27.9. The number of alkyl halides is 3. The van der Waals surface area contributed by atoms with Gasteiger partial charge in [-0.3, -0.25) is 24.6 Å². The smallest absolute Gasteiger partial charge is 0.326 e. The highest BCUT2D eigenvalue weighted by molar-refractivity contribution is 6.05. The minimum absolute atomic E-state index is 0.0385. The Morgan fingerprint density at radius 1 is 1.17 bits per heavy atom. The van der Waals surface area contributed by atoms with Crippen molar-refractivity contribution >= 4 is 17.7 Å². The maximum Gasteiger partial charge on any atom is 0.405 e. The Morgan fingerprint density at radius 2 is 1.93 bits per heavy atom. The lowest BCUT2D eigenvalue weighted by Gasteiger charge is -2.40. The molecule has 10 heteroatoms. The largest absolute Gasteiger partial charge is 0.405 e. The molecular weight excluding hydrogens is 401 g/mol. The number of nitrogens with zero attached hydrogens (tertiary/aromatic N) is 2. The number of hydrogen-bond acceptors (Lipinski definition) is 5. The molecule has 162 valence electrons. The van der Waals surface area contributed by atoms with Crippen LogP contribution in [-0.4, -0.2) is 58.4 Å². The van der Waals surface area contributed by atoms with Crippen molar-refractivity contribution < 1.29 is 27.6 Å². The third-order valence-corrected chi connectivity index (χ3v) is 6.10. The first kappa shape index (κ1) is 20.8. The molecule has 3 amide bonds. The Bertz CT molecular complexity index is 889. The lowest BCUT2D eigenvalue weighted by molar-refractivity contribution is -0.197. The lowest BCUT2D eigenvalue weighted by atomic mass is 9.95. The van der Waals surface area contributed by atoms with Crippen molar-refractivity contribution in [2.75, 3.05) is 6.54 Å². The molecule has 4 rings (SSSR count). The highest BCUT2D eigenvalue weighted by Gasteiger charge is 2.48. The van der Waals surface area contributed by atoms with Gasteiger partial charge in [0.1, 0.15) is 12.1 Å². The fraction of sp³-hybridized carbons (Fsp3) is 0.550. The minimum Gasteiger partial charge on any atom is -0.326 e. The van der Waals surface area contributed by atoms with Gasteiger partial charge in [-0.05, 0) is 43.0 Å². The van der Waals surface area contributed by atoms with E-state index in [0.29, 0.717) is 24.0 Å². The lowest BCUT2D eigenvalue weighted by Crippen LogP contribution is -2.58. The number of likely N-dealkylation sites (tertiary alicyclic amines) is 1. The molecule has 30 heavy (non-hydrogen) atoms. The van der Waals surface area contributed by atoms with E-state index in [1.165, 1.54) is 9.80 Å². The van der Waals surface area contributed by atoms with Gasteiger partial charge in [-0.15, -0.1) is 0 Å². The first-order valence-electron chi connectivity index (χ1n) is 9.98. The second-order valence-electron chi connectivity index (χ2n) is 8.15. The molecule has 0 saturated carbocycles. The fourth-order valence-corrected chi connectivity index (χ4v) is 4.66. The number of rotatable bonds is 3. The number of carbonyl (C=O) groups is 3. The molecule has 1 aromatic rings. The van der Waals surface area contributed by atoms with Crippen molar-refractivity contribution in [3.63, 3.8) is 0 Å². The second kappa shape index (κ2) is 7.66. The Morgan fingerprint density at radius 3 is 2.63 bits per heavy atom. The van der Waals surface area contributed by atoms with Gasteiger partial charge in [-0.25, -0.2) is 0 Å². The Hall–Kier alpha value is -2.46. The SMILES string of the molecule is NC1CCCN(Cc2ccc3c(c2)C(=O)N(C2CCC(=O)NC2=O)C3)C1C(F)(F)F. The highest BCUT2D eigenvalue weighted by atomic mass is 19.4. The van der Waals surface area contributed by atoms with E-state index in [2.05, 4.69) is 5.32 Å². The molecule has 3 heterocycles. The van der Waals surface area contributed by atoms with Crippen molar-refractivity contribution in [2.45, 2.75) is 63.1 Å². The predicted molar refractivity (Wildman–Crippen MR) is 99.9 cm³/mol. The fourth-order valence-electron chi connectivity index (χ4n) is 4.66. The molecule has 3 aliphatic heterocycles. The van der Waals surface area contributed by atoms with Gasteiger partial charge in [0, 0.05) is 31.1 Å². The van der Waals surface area contributed by atoms with Crippen LogP contribution in [0.25, 0.3) is 0 Å². The molecule has 2 fully saturated rings. The summed E-state index contributed by atoms with van der Waals surface area (Å²) in [6.07, 6.45) is -3.09. The van der Waals surface area contributed by atoms with Crippen molar-refractivity contribution in [3.8, 4) is 0 Å². The molecule has 0 bridgehead atoms. The van der Waals surface area contributed by atoms with Crippen LogP contribution in [0.3, 0.4) is 0 Å². The molecule has 3 aliphatic rings. The van der Waals surface area contributed by atoms with Crippen LogP contribution in [0.5, 0.6) is 0 Å². The number of imide groups is 1. The van der Waals surface area contributed by atoms with E-state index in [9.17, 15) is 27.6 Å². The number of carbonyl (C=O) groups excluding carboxylic acids is 3. The molecule has 0 aliphatic carbocycles. The summed E-state index contributed by atoms with van der Waals surface area (Å²) in [5.41, 5.74) is 7.46. The zero-order valence-corrected chi connectivity index (χ0v) is 16.2. The van der Waals surface area contributed by atoms with Crippen molar-refractivity contribution in [3.05, 3.63) is 34.9 Å². The summed E-state index contributed by atoms with van der Waals surface area (Å²) in [5, 5.41) is 2.25. The summed E-state index contributed by atoms with van der Waals surface area (Å²) in [4.78, 5) is 39.1. The quantitative estimate of drug-likeness (QED) is 0.714. The monoisotopic (exact) mass is 424 g/mol. The first-order valence-corrected chi connectivity index (χ1v) is 9.98. The Balaban J connectivity index is 1.52. The van der Waals surface area contributed by atoms with Gasteiger partial charge < -0.3 is 10.6 Å². The maximum atomic E-state index is 13.5. The van der Waals surface area contributed by atoms with Gasteiger partial charge in [-0.1, -0.05) is 12.1 Å². The van der Waals surface area contributed by atoms with E-state index < -0.39 is 30.2 Å². The molecule has 7 nitrogen and oxygen atoms in total. The van der Waals surface area contributed by atoms with Crippen LogP contribution in [0.4, 0.5) is 13.2 Å². The second-order valence-corrected chi connectivity index (χ2v) is 8.15.